The van der Waals surface area contributed by atoms with Crippen LogP contribution < -0.4 is 5.56 Å². The molecule has 2 rings (SSSR count). The van der Waals surface area contributed by atoms with E-state index in [0.29, 0.717) is 5.56 Å². The van der Waals surface area contributed by atoms with Crippen LogP contribution in [0.1, 0.15) is 5.69 Å². The Morgan fingerprint density at radius 1 is 0.895 bits per heavy atom. The molecular formula is C12H6Cl2F3NO. The number of pyridine rings is 1. The minimum Gasteiger partial charge on any atom is -0.318 e. The molecule has 0 amide bonds. The van der Waals surface area contributed by atoms with E-state index in [1.54, 1.807) is 4.98 Å². The Kier molecular flexibility index (Phi) is 3.60. The highest BCUT2D eigenvalue weighted by Crippen LogP contribution is 2.31. The van der Waals surface area contributed by atoms with Crippen molar-refractivity contribution in [3.05, 3.63) is 56.4 Å². The van der Waals surface area contributed by atoms with Crippen LogP contribution in [0.4, 0.5) is 13.2 Å². The number of hydrogen-bond acceptors (Lipinski definition) is 1. The summed E-state index contributed by atoms with van der Waals surface area (Å²) in [6.07, 6.45) is -4.63. The number of rotatable bonds is 1. The summed E-state index contributed by atoms with van der Waals surface area (Å²) in [5.41, 5.74) is -1.53. The molecule has 100 valence electrons. The third-order valence-electron chi connectivity index (χ3n) is 2.35. The van der Waals surface area contributed by atoms with Crippen molar-refractivity contribution in [2.24, 2.45) is 0 Å². The number of halogens is 5. The Hall–Kier alpha value is -1.46. The van der Waals surface area contributed by atoms with Gasteiger partial charge >= 0.3 is 6.18 Å². The van der Waals surface area contributed by atoms with E-state index in [-0.39, 0.29) is 15.6 Å². The molecule has 0 unspecified atom stereocenters. The van der Waals surface area contributed by atoms with Gasteiger partial charge in [-0.3, -0.25) is 4.79 Å². The summed E-state index contributed by atoms with van der Waals surface area (Å²) in [5, 5.41) is 0.549. The summed E-state index contributed by atoms with van der Waals surface area (Å²) < 4.78 is 37.8. The average molecular weight is 308 g/mol. The minimum absolute atomic E-state index is 0.0977. The van der Waals surface area contributed by atoms with Gasteiger partial charge in [0.2, 0.25) is 5.56 Å². The lowest BCUT2D eigenvalue weighted by atomic mass is 10.1. The van der Waals surface area contributed by atoms with Crippen LogP contribution in [0.3, 0.4) is 0 Å². The van der Waals surface area contributed by atoms with Crippen molar-refractivity contribution in [1.29, 1.82) is 0 Å². The molecular weight excluding hydrogens is 302 g/mol. The Balaban J connectivity index is 2.63. The molecule has 0 spiro atoms. The van der Waals surface area contributed by atoms with E-state index in [1.807, 2.05) is 0 Å². The maximum absolute atomic E-state index is 12.6. The summed E-state index contributed by atoms with van der Waals surface area (Å²) in [5.74, 6) is 0. The van der Waals surface area contributed by atoms with Crippen LogP contribution in [0.5, 0.6) is 0 Å². The highest BCUT2D eigenvalue weighted by Gasteiger charge is 2.32. The number of H-pyrrole nitrogens is 1. The van der Waals surface area contributed by atoms with Gasteiger partial charge in [-0.15, -0.1) is 0 Å². The quantitative estimate of drug-likeness (QED) is 0.834. The number of aromatic amines is 1. The number of hydrogen-bond donors (Lipinski definition) is 1. The van der Waals surface area contributed by atoms with Gasteiger partial charge in [-0.1, -0.05) is 23.2 Å². The molecule has 1 N–H and O–H groups in total. The van der Waals surface area contributed by atoms with Gasteiger partial charge in [0.15, 0.2) is 0 Å². The average Bonchev–Trinajstić information content (AvgIpc) is 2.25. The van der Waals surface area contributed by atoms with E-state index >= 15 is 0 Å². The summed E-state index contributed by atoms with van der Waals surface area (Å²) >= 11 is 11.6. The lowest BCUT2D eigenvalue weighted by molar-refractivity contribution is -0.141. The maximum Gasteiger partial charge on any atom is 0.431 e. The van der Waals surface area contributed by atoms with Crippen LogP contribution in [-0.4, -0.2) is 4.98 Å². The lowest BCUT2D eigenvalue weighted by Gasteiger charge is -2.09. The van der Waals surface area contributed by atoms with Gasteiger partial charge in [0, 0.05) is 16.1 Å². The van der Waals surface area contributed by atoms with Gasteiger partial charge in [-0.2, -0.15) is 13.2 Å². The topological polar surface area (TPSA) is 32.9 Å². The molecule has 0 radical (unpaired) electrons. The fourth-order valence-electron chi connectivity index (χ4n) is 1.58. The molecule has 0 fully saturated rings. The molecule has 1 aromatic carbocycles. The molecule has 19 heavy (non-hydrogen) atoms. The fourth-order valence-corrected chi connectivity index (χ4v) is 2.11. The third kappa shape index (κ3) is 3.30. The molecule has 0 saturated heterocycles. The van der Waals surface area contributed by atoms with Crippen LogP contribution in [0.25, 0.3) is 11.1 Å². The molecule has 0 atom stereocenters. The third-order valence-corrected chi connectivity index (χ3v) is 2.78. The zero-order valence-corrected chi connectivity index (χ0v) is 10.7. The van der Waals surface area contributed by atoms with E-state index in [2.05, 4.69) is 0 Å². The molecule has 0 bridgehead atoms. The second kappa shape index (κ2) is 4.90. The minimum atomic E-state index is -4.63. The van der Waals surface area contributed by atoms with Gasteiger partial charge in [0.25, 0.3) is 0 Å². The predicted octanol–water partition coefficient (Wildman–Crippen LogP) is 4.37. The number of benzene rings is 1. The molecule has 0 aliphatic rings. The zero-order valence-electron chi connectivity index (χ0n) is 9.18. The second-order valence-corrected chi connectivity index (χ2v) is 4.68. The van der Waals surface area contributed by atoms with Gasteiger partial charge in [0.05, 0.1) is 0 Å². The number of alkyl halides is 3. The summed E-state index contributed by atoms with van der Waals surface area (Å²) in [4.78, 5) is 13.0. The van der Waals surface area contributed by atoms with Gasteiger partial charge in [-0.25, -0.2) is 0 Å². The lowest BCUT2D eigenvalue weighted by Crippen LogP contribution is -2.15. The first-order valence-electron chi connectivity index (χ1n) is 5.04. The standard InChI is InChI=1S/C12H6Cl2F3NO/c13-8-1-6(2-9(14)5-8)7-3-10(12(15,16)17)18-11(19)4-7/h1-5H,(H,18,19). The Morgan fingerprint density at radius 2 is 1.42 bits per heavy atom. The Bertz CT molecular complexity index is 659. The van der Waals surface area contributed by atoms with Crippen LogP contribution in [0.15, 0.2) is 35.1 Å². The zero-order chi connectivity index (χ0) is 14.2. The molecule has 1 heterocycles. The highest BCUT2D eigenvalue weighted by molar-refractivity contribution is 6.35. The van der Waals surface area contributed by atoms with Crippen molar-refractivity contribution in [1.82, 2.24) is 4.98 Å². The molecule has 2 aromatic rings. The molecule has 7 heteroatoms. The van der Waals surface area contributed by atoms with Crippen LogP contribution in [-0.2, 0) is 6.18 Å². The number of aromatic nitrogens is 1. The Morgan fingerprint density at radius 3 is 1.95 bits per heavy atom. The van der Waals surface area contributed by atoms with Crippen molar-refractivity contribution >= 4 is 23.2 Å². The molecule has 1 aromatic heterocycles. The van der Waals surface area contributed by atoms with Gasteiger partial charge in [0.1, 0.15) is 5.69 Å². The predicted molar refractivity (Wildman–Crippen MR) is 67.5 cm³/mol. The molecule has 2 nitrogen and oxygen atoms in total. The van der Waals surface area contributed by atoms with Crippen molar-refractivity contribution in [2.75, 3.05) is 0 Å². The van der Waals surface area contributed by atoms with E-state index in [1.165, 1.54) is 18.2 Å². The molecule has 0 saturated carbocycles. The van der Waals surface area contributed by atoms with Gasteiger partial charge < -0.3 is 4.98 Å². The van der Waals surface area contributed by atoms with Gasteiger partial charge in [-0.05, 0) is 35.4 Å². The van der Waals surface area contributed by atoms with Crippen molar-refractivity contribution in [2.45, 2.75) is 6.18 Å². The fraction of sp³-hybridized carbons (Fsp3) is 0.0833. The first kappa shape index (κ1) is 14.0. The van der Waals surface area contributed by atoms with E-state index in [0.717, 1.165) is 12.1 Å². The van der Waals surface area contributed by atoms with Crippen molar-refractivity contribution in [3.8, 4) is 11.1 Å². The first-order valence-corrected chi connectivity index (χ1v) is 5.79. The molecule has 0 aliphatic heterocycles. The van der Waals surface area contributed by atoms with Crippen molar-refractivity contribution in [3.63, 3.8) is 0 Å². The largest absolute Gasteiger partial charge is 0.431 e. The molecule has 0 aliphatic carbocycles. The number of nitrogens with one attached hydrogen (secondary N) is 1. The van der Waals surface area contributed by atoms with Crippen molar-refractivity contribution < 1.29 is 13.2 Å². The summed E-state index contributed by atoms with van der Waals surface area (Å²) in [6, 6.07) is 6.20. The highest BCUT2D eigenvalue weighted by atomic mass is 35.5. The second-order valence-electron chi connectivity index (χ2n) is 3.80. The van der Waals surface area contributed by atoms with E-state index in [9.17, 15) is 18.0 Å². The normalized spacial score (nSPS) is 11.6. The maximum atomic E-state index is 12.6. The first-order chi connectivity index (χ1) is 8.75. The smallest absolute Gasteiger partial charge is 0.318 e. The summed E-state index contributed by atoms with van der Waals surface area (Å²) in [6.45, 7) is 0. The van der Waals surface area contributed by atoms with E-state index < -0.39 is 17.4 Å². The summed E-state index contributed by atoms with van der Waals surface area (Å²) in [7, 11) is 0. The van der Waals surface area contributed by atoms with Crippen LogP contribution in [0, 0.1) is 0 Å². The Labute approximate surface area is 115 Å². The van der Waals surface area contributed by atoms with E-state index in [4.69, 9.17) is 23.2 Å². The monoisotopic (exact) mass is 307 g/mol. The SMILES string of the molecule is O=c1cc(-c2cc(Cl)cc(Cl)c2)cc(C(F)(F)F)[nH]1. The van der Waals surface area contributed by atoms with Crippen LogP contribution in [0.2, 0.25) is 10.0 Å². The van der Waals surface area contributed by atoms with Crippen LogP contribution >= 0.6 is 23.2 Å².